The normalized spacial score (nSPS) is 21.3. The van der Waals surface area contributed by atoms with Gasteiger partial charge in [-0.2, -0.15) is 13.2 Å². The summed E-state index contributed by atoms with van der Waals surface area (Å²) in [7, 11) is 0. The van der Waals surface area contributed by atoms with Crippen molar-refractivity contribution in [3.05, 3.63) is 65.2 Å². The second-order valence-electron chi connectivity index (χ2n) is 7.57. The molecular formula is C22H21F3N2O2. The molecule has 0 spiro atoms. The molecule has 0 radical (unpaired) electrons. The molecule has 4 rings (SSSR count). The zero-order valence-electron chi connectivity index (χ0n) is 15.7. The number of hydrogen-bond donors (Lipinski definition) is 1. The Balaban J connectivity index is 1.34. The van der Waals surface area contributed by atoms with E-state index in [2.05, 4.69) is 5.32 Å². The van der Waals surface area contributed by atoms with Gasteiger partial charge in [-0.1, -0.05) is 30.3 Å². The number of carbonyl (C=O) groups is 2. The fraction of sp³-hybridized carbons (Fsp3) is 0.364. The molecule has 2 atom stereocenters. The highest BCUT2D eigenvalue weighted by Gasteiger charge is 2.47. The van der Waals surface area contributed by atoms with E-state index in [1.165, 1.54) is 12.1 Å². The molecular weight excluding hydrogens is 381 g/mol. The lowest BCUT2D eigenvalue weighted by molar-refractivity contribution is -0.138. The van der Waals surface area contributed by atoms with Gasteiger partial charge in [-0.3, -0.25) is 9.59 Å². The summed E-state index contributed by atoms with van der Waals surface area (Å²) in [5.41, 5.74) is 1.25. The van der Waals surface area contributed by atoms with Gasteiger partial charge in [0.1, 0.15) is 0 Å². The molecule has 2 aliphatic rings. The van der Waals surface area contributed by atoms with Crippen LogP contribution in [-0.4, -0.2) is 18.4 Å². The van der Waals surface area contributed by atoms with Gasteiger partial charge in [-0.15, -0.1) is 0 Å². The zero-order valence-corrected chi connectivity index (χ0v) is 15.7. The molecule has 1 saturated heterocycles. The van der Waals surface area contributed by atoms with Crippen molar-refractivity contribution < 1.29 is 22.8 Å². The third-order valence-corrected chi connectivity index (χ3v) is 5.58. The van der Waals surface area contributed by atoms with Gasteiger partial charge >= 0.3 is 6.18 Å². The van der Waals surface area contributed by atoms with E-state index in [-0.39, 0.29) is 17.4 Å². The van der Waals surface area contributed by atoms with Crippen molar-refractivity contribution >= 4 is 17.5 Å². The number of carbonyl (C=O) groups excluding carboxylic acids is 2. The number of halogens is 3. The Morgan fingerprint density at radius 1 is 1.10 bits per heavy atom. The van der Waals surface area contributed by atoms with Gasteiger partial charge in [0.05, 0.1) is 5.56 Å². The van der Waals surface area contributed by atoms with Crippen LogP contribution in [0, 0.1) is 5.92 Å². The second kappa shape index (κ2) is 7.54. The van der Waals surface area contributed by atoms with Crippen molar-refractivity contribution in [1.29, 1.82) is 0 Å². The Morgan fingerprint density at radius 3 is 2.48 bits per heavy atom. The van der Waals surface area contributed by atoms with Crippen LogP contribution in [0.5, 0.6) is 0 Å². The Hall–Kier alpha value is -2.83. The first-order chi connectivity index (χ1) is 13.8. The Morgan fingerprint density at radius 2 is 1.83 bits per heavy atom. The van der Waals surface area contributed by atoms with Crippen molar-refractivity contribution in [2.45, 2.75) is 37.9 Å². The van der Waals surface area contributed by atoms with Crippen molar-refractivity contribution in [3.8, 4) is 0 Å². The topological polar surface area (TPSA) is 49.4 Å². The number of nitrogens with zero attached hydrogens (tertiary/aromatic N) is 1. The average Bonchev–Trinajstić information content (AvgIpc) is 3.40. The third-order valence-electron chi connectivity index (χ3n) is 5.58. The third kappa shape index (κ3) is 4.13. The molecule has 1 aliphatic heterocycles. The average molecular weight is 402 g/mol. The van der Waals surface area contributed by atoms with E-state index < -0.39 is 23.6 Å². The Kier molecular flexibility index (Phi) is 5.06. The largest absolute Gasteiger partial charge is 0.416 e. The zero-order chi connectivity index (χ0) is 20.6. The fourth-order valence-corrected chi connectivity index (χ4v) is 3.94. The molecule has 0 aromatic heterocycles. The second-order valence-corrected chi connectivity index (χ2v) is 7.57. The molecule has 2 aromatic carbocycles. The van der Waals surface area contributed by atoms with Gasteiger partial charge in [0.25, 0.3) is 0 Å². The summed E-state index contributed by atoms with van der Waals surface area (Å²) in [5.74, 6) is -0.938. The lowest BCUT2D eigenvalue weighted by atomic mass is 10.0. The minimum atomic E-state index is -4.42. The SMILES string of the molecule is O=C(NCc1ccc(N2CCCC2=O)cc1)C1CC1c1ccccc1C(F)(F)F. The lowest BCUT2D eigenvalue weighted by Crippen LogP contribution is -2.25. The van der Waals surface area contributed by atoms with Crippen molar-refractivity contribution in [2.24, 2.45) is 5.92 Å². The maximum absolute atomic E-state index is 13.2. The summed E-state index contributed by atoms with van der Waals surface area (Å²) in [4.78, 5) is 25.9. The summed E-state index contributed by atoms with van der Waals surface area (Å²) in [5, 5.41) is 2.82. The maximum Gasteiger partial charge on any atom is 0.416 e. The summed E-state index contributed by atoms with van der Waals surface area (Å²) in [6, 6.07) is 12.9. The summed E-state index contributed by atoms with van der Waals surface area (Å²) >= 11 is 0. The van der Waals surface area contributed by atoms with Crippen LogP contribution in [0.1, 0.15) is 41.9 Å². The van der Waals surface area contributed by atoms with Gasteiger partial charge in [0.15, 0.2) is 0 Å². The number of rotatable bonds is 5. The van der Waals surface area contributed by atoms with Crippen LogP contribution in [0.2, 0.25) is 0 Å². The van der Waals surface area contributed by atoms with Crippen LogP contribution in [0.25, 0.3) is 0 Å². The number of anilines is 1. The summed E-state index contributed by atoms with van der Waals surface area (Å²) in [6.07, 6.45) is -2.57. The van der Waals surface area contributed by atoms with E-state index in [1.807, 2.05) is 24.3 Å². The molecule has 0 bridgehead atoms. The molecule has 2 unspecified atom stereocenters. The van der Waals surface area contributed by atoms with E-state index in [4.69, 9.17) is 0 Å². The smallest absolute Gasteiger partial charge is 0.352 e. The number of nitrogens with one attached hydrogen (secondary N) is 1. The van der Waals surface area contributed by atoms with Crippen molar-refractivity contribution in [3.63, 3.8) is 0 Å². The standard InChI is InChI=1S/C22H21F3N2O2/c23-22(24,25)19-5-2-1-4-16(19)17-12-18(17)21(29)26-13-14-7-9-15(10-8-14)27-11-3-6-20(27)28/h1-2,4-5,7-10,17-18H,3,6,11-13H2,(H,26,29). The molecule has 1 saturated carbocycles. The van der Waals surface area contributed by atoms with Crippen molar-refractivity contribution in [2.75, 3.05) is 11.4 Å². The molecule has 2 fully saturated rings. The summed E-state index contributed by atoms with van der Waals surface area (Å²) < 4.78 is 39.5. The number of alkyl halides is 3. The predicted octanol–water partition coefficient (Wildman–Crippen LogP) is 4.25. The minimum Gasteiger partial charge on any atom is -0.352 e. The molecule has 4 nitrogen and oxygen atoms in total. The molecule has 2 aromatic rings. The van der Waals surface area contributed by atoms with Gasteiger partial charge in [0, 0.05) is 31.1 Å². The van der Waals surface area contributed by atoms with Crippen LogP contribution in [0.15, 0.2) is 48.5 Å². The molecule has 152 valence electrons. The first-order valence-corrected chi connectivity index (χ1v) is 9.68. The molecule has 1 N–H and O–H groups in total. The molecule has 2 amide bonds. The number of amides is 2. The molecule has 1 heterocycles. The summed E-state index contributed by atoms with van der Waals surface area (Å²) in [6.45, 7) is 1.02. The van der Waals surface area contributed by atoms with E-state index in [9.17, 15) is 22.8 Å². The van der Waals surface area contributed by atoms with Crippen molar-refractivity contribution in [1.82, 2.24) is 5.32 Å². The van der Waals surface area contributed by atoms with Crippen LogP contribution in [0.3, 0.4) is 0 Å². The molecule has 1 aliphatic carbocycles. The van der Waals surface area contributed by atoms with E-state index in [1.54, 1.807) is 11.0 Å². The Bertz CT molecular complexity index is 924. The van der Waals surface area contributed by atoms with Gasteiger partial charge in [0.2, 0.25) is 11.8 Å². The highest BCUT2D eigenvalue weighted by molar-refractivity contribution is 5.95. The van der Waals surface area contributed by atoms with Crippen LogP contribution in [-0.2, 0) is 22.3 Å². The van der Waals surface area contributed by atoms with Gasteiger partial charge in [-0.05, 0) is 48.1 Å². The first-order valence-electron chi connectivity index (χ1n) is 9.68. The van der Waals surface area contributed by atoms with Crippen LogP contribution >= 0.6 is 0 Å². The van der Waals surface area contributed by atoms with E-state index in [0.717, 1.165) is 30.3 Å². The van der Waals surface area contributed by atoms with Gasteiger partial charge < -0.3 is 10.2 Å². The number of hydrogen-bond acceptors (Lipinski definition) is 2. The number of benzene rings is 2. The maximum atomic E-state index is 13.2. The van der Waals surface area contributed by atoms with Gasteiger partial charge in [-0.25, -0.2) is 0 Å². The fourth-order valence-electron chi connectivity index (χ4n) is 3.94. The molecule has 7 heteroatoms. The van der Waals surface area contributed by atoms with Crippen LogP contribution in [0.4, 0.5) is 18.9 Å². The highest BCUT2D eigenvalue weighted by atomic mass is 19.4. The minimum absolute atomic E-state index is 0.116. The predicted molar refractivity (Wildman–Crippen MR) is 102 cm³/mol. The first kappa shape index (κ1) is 19.5. The lowest BCUT2D eigenvalue weighted by Gasteiger charge is -2.16. The van der Waals surface area contributed by atoms with Crippen LogP contribution < -0.4 is 10.2 Å². The highest BCUT2D eigenvalue weighted by Crippen LogP contribution is 2.51. The molecule has 29 heavy (non-hydrogen) atoms. The van der Waals surface area contributed by atoms with E-state index in [0.29, 0.717) is 19.4 Å². The Labute approximate surface area is 166 Å². The monoisotopic (exact) mass is 402 g/mol. The quantitative estimate of drug-likeness (QED) is 0.813. The van der Waals surface area contributed by atoms with E-state index >= 15 is 0 Å².